The minimum absolute atomic E-state index is 0.0142. The van der Waals surface area contributed by atoms with Crippen LogP contribution in [0.3, 0.4) is 0 Å². The molecule has 1 rings (SSSR count). The number of benzene rings is 1. The summed E-state index contributed by atoms with van der Waals surface area (Å²) >= 11 is 0. The highest BCUT2D eigenvalue weighted by molar-refractivity contribution is 5.96. The van der Waals surface area contributed by atoms with Crippen molar-refractivity contribution in [2.24, 2.45) is 0 Å². The molecule has 0 aliphatic carbocycles. The molecule has 1 aromatic rings. The van der Waals surface area contributed by atoms with Crippen molar-refractivity contribution >= 4 is 17.7 Å². The first-order chi connectivity index (χ1) is 11.3. The van der Waals surface area contributed by atoms with Crippen molar-refractivity contribution in [3.05, 3.63) is 29.8 Å². The Morgan fingerprint density at radius 3 is 2.33 bits per heavy atom. The molecule has 0 saturated heterocycles. The van der Waals surface area contributed by atoms with Gasteiger partial charge in [-0.3, -0.25) is 14.4 Å². The molecule has 0 atom stereocenters. The van der Waals surface area contributed by atoms with Crippen LogP contribution in [0.4, 0.5) is 0 Å². The number of hydrogen-bond acceptors (Lipinski definition) is 4. The van der Waals surface area contributed by atoms with Crippen LogP contribution >= 0.6 is 0 Å². The second-order valence-corrected chi connectivity index (χ2v) is 5.61. The van der Waals surface area contributed by atoms with Crippen LogP contribution < -0.4 is 15.4 Å². The predicted octanol–water partition coefficient (Wildman–Crippen LogP) is 0.798. The largest absolute Gasteiger partial charge is 0.494 e. The van der Waals surface area contributed by atoms with E-state index in [4.69, 9.17) is 4.74 Å². The molecule has 0 aliphatic rings. The fourth-order valence-electron chi connectivity index (χ4n) is 1.93. The zero-order valence-electron chi connectivity index (χ0n) is 14.6. The van der Waals surface area contributed by atoms with E-state index in [-0.39, 0.29) is 36.9 Å². The third kappa shape index (κ3) is 6.68. The standard InChI is InChI=1S/C17H25N3O4/c1-5-24-14-8-6-13(7-9-14)17(23)18-10-16(22)20(4)11-15(21)19-12(2)3/h6-9,12H,5,10-11H2,1-4H3,(H,18,23)(H,19,21). The lowest BCUT2D eigenvalue weighted by atomic mass is 10.2. The average Bonchev–Trinajstić information content (AvgIpc) is 2.52. The van der Waals surface area contributed by atoms with Crippen LogP contribution in [0.25, 0.3) is 0 Å². The number of ether oxygens (including phenoxy) is 1. The molecule has 24 heavy (non-hydrogen) atoms. The minimum Gasteiger partial charge on any atom is -0.494 e. The van der Waals surface area contributed by atoms with E-state index in [2.05, 4.69) is 10.6 Å². The predicted molar refractivity (Wildman–Crippen MR) is 90.9 cm³/mol. The Hall–Kier alpha value is -2.57. The van der Waals surface area contributed by atoms with Gasteiger partial charge in [-0.15, -0.1) is 0 Å². The average molecular weight is 335 g/mol. The van der Waals surface area contributed by atoms with Crippen LogP contribution in [0.15, 0.2) is 24.3 Å². The van der Waals surface area contributed by atoms with E-state index in [0.717, 1.165) is 0 Å². The topological polar surface area (TPSA) is 87.7 Å². The van der Waals surface area contributed by atoms with Crippen molar-refractivity contribution in [3.8, 4) is 5.75 Å². The van der Waals surface area contributed by atoms with Gasteiger partial charge in [0.25, 0.3) is 5.91 Å². The molecule has 0 spiro atoms. The summed E-state index contributed by atoms with van der Waals surface area (Å²) in [5.74, 6) is -0.251. The normalized spacial score (nSPS) is 10.2. The number of amides is 3. The SMILES string of the molecule is CCOc1ccc(C(=O)NCC(=O)N(C)CC(=O)NC(C)C)cc1. The number of hydrogen-bond donors (Lipinski definition) is 2. The van der Waals surface area contributed by atoms with Gasteiger partial charge in [0.15, 0.2) is 0 Å². The Morgan fingerprint density at radius 1 is 1.17 bits per heavy atom. The number of carbonyl (C=O) groups is 3. The Kier molecular flexibility index (Phi) is 7.74. The van der Waals surface area contributed by atoms with Crippen molar-refractivity contribution in [2.45, 2.75) is 26.8 Å². The molecule has 0 heterocycles. The van der Waals surface area contributed by atoms with Crippen LogP contribution in [0, 0.1) is 0 Å². The van der Waals surface area contributed by atoms with Gasteiger partial charge in [-0.2, -0.15) is 0 Å². The summed E-state index contributed by atoms with van der Waals surface area (Å²) in [7, 11) is 1.52. The Labute approximate surface area is 142 Å². The van der Waals surface area contributed by atoms with Crippen LogP contribution in [0.1, 0.15) is 31.1 Å². The molecular formula is C17H25N3O4. The van der Waals surface area contributed by atoms with Gasteiger partial charge in [-0.1, -0.05) is 0 Å². The van der Waals surface area contributed by atoms with Gasteiger partial charge in [-0.25, -0.2) is 0 Å². The number of rotatable bonds is 8. The summed E-state index contributed by atoms with van der Waals surface area (Å²) in [5, 5.41) is 5.25. The van der Waals surface area contributed by atoms with E-state index in [1.54, 1.807) is 24.3 Å². The van der Waals surface area contributed by atoms with E-state index >= 15 is 0 Å². The first-order valence-electron chi connectivity index (χ1n) is 7.87. The van der Waals surface area contributed by atoms with E-state index < -0.39 is 0 Å². The van der Waals surface area contributed by atoms with Crippen molar-refractivity contribution in [2.75, 3.05) is 26.7 Å². The van der Waals surface area contributed by atoms with Crippen molar-refractivity contribution in [1.82, 2.24) is 15.5 Å². The number of nitrogens with one attached hydrogen (secondary N) is 2. The maximum Gasteiger partial charge on any atom is 0.251 e. The van der Waals surface area contributed by atoms with Gasteiger partial charge < -0.3 is 20.3 Å². The van der Waals surface area contributed by atoms with E-state index in [9.17, 15) is 14.4 Å². The third-order valence-corrected chi connectivity index (χ3v) is 3.08. The van der Waals surface area contributed by atoms with Gasteiger partial charge in [0.2, 0.25) is 11.8 Å². The smallest absolute Gasteiger partial charge is 0.251 e. The Balaban J connectivity index is 2.45. The van der Waals surface area contributed by atoms with Gasteiger partial charge in [-0.05, 0) is 45.0 Å². The summed E-state index contributed by atoms with van der Waals surface area (Å²) in [6, 6.07) is 6.67. The molecule has 3 amide bonds. The quantitative estimate of drug-likeness (QED) is 0.735. The highest BCUT2D eigenvalue weighted by atomic mass is 16.5. The summed E-state index contributed by atoms with van der Waals surface area (Å²) in [4.78, 5) is 36.8. The summed E-state index contributed by atoms with van der Waals surface area (Å²) in [6.45, 7) is 5.90. The lowest BCUT2D eigenvalue weighted by Gasteiger charge is -2.18. The second-order valence-electron chi connectivity index (χ2n) is 5.61. The van der Waals surface area contributed by atoms with Crippen molar-refractivity contribution in [3.63, 3.8) is 0 Å². The molecule has 0 radical (unpaired) electrons. The molecule has 132 valence electrons. The number of nitrogens with zero attached hydrogens (tertiary/aromatic N) is 1. The lowest BCUT2D eigenvalue weighted by molar-refractivity contribution is -0.134. The fraction of sp³-hybridized carbons (Fsp3) is 0.471. The van der Waals surface area contributed by atoms with Gasteiger partial charge in [0.1, 0.15) is 5.75 Å². The molecule has 0 fully saturated rings. The fourth-order valence-corrected chi connectivity index (χ4v) is 1.93. The molecule has 0 aliphatic heterocycles. The maximum atomic E-state index is 12.0. The number of carbonyl (C=O) groups excluding carboxylic acids is 3. The van der Waals surface area contributed by atoms with Crippen LogP contribution in [-0.2, 0) is 9.59 Å². The van der Waals surface area contributed by atoms with Crippen molar-refractivity contribution < 1.29 is 19.1 Å². The van der Waals surface area contributed by atoms with Crippen molar-refractivity contribution in [1.29, 1.82) is 0 Å². The van der Waals surface area contributed by atoms with Crippen LogP contribution in [0.5, 0.6) is 5.75 Å². The molecular weight excluding hydrogens is 310 g/mol. The monoisotopic (exact) mass is 335 g/mol. The number of likely N-dealkylation sites (N-methyl/N-ethyl adjacent to an activating group) is 1. The van der Waals surface area contributed by atoms with Crippen LogP contribution in [-0.4, -0.2) is 55.4 Å². The van der Waals surface area contributed by atoms with Gasteiger partial charge in [0.05, 0.1) is 19.7 Å². The lowest BCUT2D eigenvalue weighted by Crippen LogP contribution is -2.44. The second kappa shape index (κ2) is 9.54. The highest BCUT2D eigenvalue weighted by Gasteiger charge is 2.15. The zero-order valence-corrected chi connectivity index (χ0v) is 14.6. The molecule has 1 aromatic carbocycles. The molecule has 7 heteroatoms. The van der Waals surface area contributed by atoms with Crippen LogP contribution in [0.2, 0.25) is 0 Å². The summed E-state index contributed by atoms with van der Waals surface area (Å²) < 4.78 is 5.30. The van der Waals surface area contributed by atoms with E-state index in [0.29, 0.717) is 17.9 Å². The molecule has 2 N–H and O–H groups in total. The molecule has 0 saturated carbocycles. The minimum atomic E-state index is -0.355. The first kappa shape index (κ1) is 19.5. The summed E-state index contributed by atoms with van der Waals surface area (Å²) in [5.41, 5.74) is 0.437. The van der Waals surface area contributed by atoms with E-state index in [1.165, 1.54) is 11.9 Å². The molecule has 7 nitrogen and oxygen atoms in total. The zero-order chi connectivity index (χ0) is 18.1. The Bertz CT molecular complexity index is 570. The Morgan fingerprint density at radius 2 is 1.79 bits per heavy atom. The maximum absolute atomic E-state index is 12.0. The molecule has 0 unspecified atom stereocenters. The highest BCUT2D eigenvalue weighted by Crippen LogP contribution is 2.11. The first-order valence-corrected chi connectivity index (χ1v) is 7.87. The van der Waals surface area contributed by atoms with E-state index in [1.807, 2.05) is 20.8 Å². The molecule has 0 aromatic heterocycles. The van der Waals surface area contributed by atoms with Gasteiger partial charge in [0, 0.05) is 18.7 Å². The third-order valence-electron chi connectivity index (χ3n) is 3.08. The molecule has 0 bridgehead atoms. The van der Waals surface area contributed by atoms with Gasteiger partial charge >= 0.3 is 0 Å². The summed E-state index contributed by atoms with van der Waals surface area (Å²) in [6.07, 6.45) is 0.